The number of hydrogen-bond acceptors (Lipinski definition) is 2. The first-order valence-electron chi connectivity index (χ1n) is 7.63. The number of nitrogens with one attached hydrogen (secondary N) is 2. The molecule has 6 heteroatoms. The van der Waals surface area contributed by atoms with Crippen molar-refractivity contribution in [2.24, 2.45) is 5.92 Å². The van der Waals surface area contributed by atoms with Crippen LogP contribution in [-0.4, -0.2) is 49.1 Å². The smallest absolute Gasteiger partial charge is 0.315 e. The first kappa shape index (κ1) is 15.5. The zero-order valence-corrected chi connectivity index (χ0v) is 12.1. The number of hydrogen-bond donors (Lipinski definition) is 2. The van der Waals surface area contributed by atoms with Gasteiger partial charge >= 0.3 is 6.03 Å². The summed E-state index contributed by atoms with van der Waals surface area (Å²) in [4.78, 5) is 14.0. The number of rotatable bonds is 5. The van der Waals surface area contributed by atoms with Crippen molar-refractivity contribution >= 4 is 6.03 Å². The number of carbonyl (C=O) groups is 1. The van der Waals surface area contributed by atoms with E-state index < -0.39 is 19.0 Å². The van der Waals surface area contributed by atoms with Crippen LogP contribution in [0.25, 0.3) is 0 Å². The zero-order valence-electron chi connectivity index (χ0n) is 12.1. The number of halogens is 2. The molecule has 0 unspecified atom stereocenters. The molecule has 1 heterocycles. The van der Waals surface area contributed by atoms with Gasteiger partial charge in [0.25, 0.3) is 6.43 Å². The summed E-state index contributed by atoms with van der Waals surface area (Å²) >= 11 is 0. The molecule has 1 saturated carbocycles. The van der Waals surface area contributed by atoms with E-state index in [9.17, 15) is 13.6 Å². The van der Waals surface area contributed by atoms with Crippen LogP contribution in [0.4, 0.5) is 13.6 Å². The van der Waals surface area contributed by atoms with Crippen molar-refractivity contribution in [2.45, 2.75) is 57.5 Å². The number of carbonyl (C=O) groups excluding carboxylic acids is 1. The molecule has 2 rings (SSSR count). The van der Waals surface area contributed by atoms with Crippen molar-refractivity contribution in [1.82, 2.24) is 15.5 Å². The summed E-state index contributed by atoms with van der Waals surface area (Å²) in [5, 5.41) is 4.99. The van der Waals surface area contributed by atoms with Crippen molar-refractivity contribution < 1.29 is 13.6 Å². The molecule has 116 valence electrons. The van der Waals surface area contributed by atoms with E-state index >= 15 is 0 Å². The summed E-state index contributed by atoms with van der Waals surface area (Å²) in [6.45, 7) is 3.56. The Balaban J connectivity index is 1.73. The maximum Gasteiger partial charge on any atom is 0.315 e. The Morgan fingerprint density at radius 3 is 2.65 bits per heavy atom. The van der Waals surface area contributed by atoms with Crippen LogP contribution in [0.5, 0.6) is 0 Å². The third kappa shape index (κ3) is 4.30. The van der Waals surface area contributed by atoms with Crippen LogP contribution in [0.1, 0.15) is 39.0 Å². The van der Waals surface area contributed by atoms with Gasteiger partial charge in [0.1, 0.15) is 0 Å². The van der Waals surface area contributed by atoms with Gasteiger partial charge in [-0.2, -0.15) is 0 Å². The molecule has 1 aliphatic carbocycles. The lowest BCUT2D eigenvalue weighted by Crippen LogP contribution is -2.52. The van der Waals surface area contributed by atoms with Gasteiger partial charge in [0, 0.05) is 18.6 Å². The van der Waals surface area contributed by atoms with Gasteiger partial charge in [-0.25, -0.2) is 13.6 Å². The minimum absolute atomic E-state index is 0.0237. The Hall–Kier alpha value is -0.910. The molecule has 0 aromatic heterocycles. The highest BCUT2D eigenvalue weighted by atomic mass is 19.3. The molecule has 1 aliphatic heterocycles. The van der Waals surface area contributed by atoms with E-state index in [4.69, 9.17) is 0 Å². The van der Waals surface area contributed by atoms with Crippen LogP contribution < -0.4 is 10.6 Å². The van der Waals surface area contributed by atoms with Crippen LogP contribution in [-0.2, 0) is 0 Å². The molecular formula is C14H25F2N3O. The summed E-state index contributed by atoms with van der Waals surface area (Å²) in [5.74, 6) is 0.418. The standard InChI is InChI=1S/C14H25F2N3O/c1-10(18-14(20)17-8-13(15)16)11-4-3-7-19(9-11)12-5-2-6-12/h10-13H,2-9H2,1H3,(H2,17,18,20)/t10-,11+/m0/s1. The zero-order chi connectivity index (χ0) is 14.5. The first-order valence-corrected chi connectivity index (χ1v) is 7.63. The van der Waals surface area contributed by atoms with Gasteiger partial charge < -0.3 is 15.5 Å². The minimum atomic E-state index is -2.50. The van der Waals surface area contributed by atoms with Gasteiger partial charge in [-0.05, 0) is 45.1 Å². The monoisotopic (exact) mass is 289 g/mol. The van der Waals surface area contributed by atoms with E-state index in [1.54, 1.807) is 0 Å². The Kier molecular flexibility index (Phi) is 5.57. The average Bonchev–Trinajstić information content (AvgIpc) is 2.34. The fraction of sp³-hybridized carbons (Fsp3) is 0.929. The summed E-state index contributed by atoms with van der Waals surface area (Å²) in [5.41, 5.74) is 0. The lowest BCUT2D eigenvalue weighted by Gasteiger charge is -2.43. The predicted molar refractivity (Wildman–Crippen MR) is 73.9 cm³/mol. The minimum Gasteiger partial charge on any atom is -0.335 e. The molecule has 4 nitrogen and oxygen atoms in total. The highest BCUT2D eigenvalue weighted by molar-refractivity contribution is 5.74. The van der Waals surface area contributed by atoms with Crippen molar-refractivity contribution in [1.29, 1.82) is 0 Å². The van der Waals surface area contributed by atoms with Gasteiger partial charge in [-0.15, -0.1) is 0 Å². The molecule has 0 spiro atoms. The second kappa shape index (κ2) is 7.20. The highest BCUT2D eigenvalue weighted by Gasteiger charge is 2.31. The van der Waals surface area contributed by atoms with E-state index in [-0.39, 0.29) is 6.04 Å². The fourth-order valence-corrected chi connectivity index (χ4v) is 3.08. The third-order valence-electron chi connectivity index (χ3n) is 4.56. The SMILES string of the molecule is C[C@H](NC(=O)NCC(F)F)[C@@H]1CCCN(C2CCC2)C1. The van der Waals surface area contributed by atoms with E-state index in [0.29, 0.717) is 5.92 Å². The summed E-state index contributed by atoms with van der Waals surface area (Å²) in [6, 6.07) is 0.270. The quantitative estimate of drug-likeness (QED) is 0.815. The Bertz CT molecular complexity index is 324. The molecule has 2 fully saturated rings. The van der Waals surface area contributed by atoms with Crippen LogP contribution in [0.3, 0.4) is 0 Å². The van der Waals surface area contributed by atoms with Gasteiger partial charge in [0.2, 0.25) is 0 Å². The second-order valence-electron chi connectivity index (χ2n) is 6.02. The van der Waals surface area contributed by atoms with Crippen molar-refractivity contribution in [2.75, 3.05) is 19.6 Å². The van der Waals surface area contributed by atoms with Crippen LogP contribution in [0.2, 0.25) is 0 Å². The maximum absolute atomic E-state index is 12.0. The Labute approximate surface area is 119 Å². The Morgan fingerprint density at radius 2 is 2.05 bits per heavy atom. The fourth-order valence-electron chi connectivity index (χ4n) is 3.08. The molecular weight excluding hydrogens is 264 g/mol. The molecule has 2 aliphatic rings. The number of alkyl halides is 2. The number of nitrogens with zero attached hydrogens (tertiary/aromatic N) is 1. The van der Waals surface area contributed by atoms with E-state index in [0.717, 1.165) is 32.0 Å². The van der Waals surface area contributed by atoms with Crippen LogP contribution in [0.15, 0.2) is 0 Å². The van der Waals surface area contributed by atoms with E-state index in [1.165, 1.54) is 19.3 Å². The molecule has 0 radical (unpaired) electrons. The van der Waals surface area contributed by atoms with Crippen LogP contribution in [0, 0.1) is 5.92 Å². The molecule has 2 atom stereocenters. The molecule has 20 heavy (non-hydrogen) atoms. The summed E-state index contributed by atoms with van der Waals surface area (Å²) in [6.07, 6.45) is 3.67. The summed E-state index contributed by atoms with van der Waals surface area (Å²) < 4.78 is 24.0. The normalized spacial score (nSPS) is 26.1. The van der Waals surface area contributed by atoms with Gasteiger partial charge in [-0.1, -0.05) is 6.42 Å². The van der Waals surface area contributed by atoms with E-state index in [1.807, 2.05) is 6.92 Å². The number of amides is 2. The first-order chi connectivity index (χ1) is 9.56. The van der Waals surface area contributed by atoms with E-state index in [2.05, 4.69) is 15.5 Å². The molecule has 0 bridgehead atoms. The largest absolute Gasteiger partial charge is 0.335 e. The summed E-state index contributed by atoms with van der Waals surface area (Å²) in [7, 11) is 0. The number of likely N-dealkylation sites (tertiary alicyclic amines) is 1. The molecule has 0 aromatic rings. The van der Waals surface area contributed by atoms with Gasteiger partial charge in [0.15, 0.2) is 0 Å². The van der Waals surface area contributed by atoms with Crippen molar-refractivity contribution in [3.8, 4) is 0 Å². The maximum atomic E-state index is 12.0. The molecule has 2 N–H and O–H groups in total. The topological polar surface area (TPSA) is 44.4 Å². The lowest BCUT2D eigenvalue weighted by molar-refractivity contribution is 0.0677. The average molecular weight is 289 g/mol. The van der Waals surface area contributed by atoms with Gasteiger partial charge in [0.05, 0.1) is 6.54 Å². The predicted octanol–water partition coefficient (Wildman–Crippen LogP) is 2.20. The second-order valence-corrected chi connectivity index (χ2v) is 6.02. The molecule has 1 saturated heterocycles. The third-order valence-corrected chi connectivity index (χ3v) is 4.56. The Morgan fingerprint density at radius 1 is 1.30 bits per heavy atom. The molecule has 0 aromatic carbocycles. The van der Waals surface area contributed by atoms with Gasteiger partial charge in [-0.3, -0.25) is 0 Å². The number of urea groups is 1. The van der Waals surface area contributed by atoms with Crippen LogP contribution >= 0.6 is 0 Å². The lowest BCUT2D eigenvalue weighted by atomic mass is 9.86. The number of piperidine rings is 1. The van der Waals surface area contributed by atoms with Crippen molar-refractivity contribution in [3.63, 3.8) is 0 Å². The van der Waals surface area contributed by atoms with Crippen molar-refractivity contribution in [3.05, 3.63) is 0 Å². The highest BCUT2D eigenvalue weighted by Crippen LogP contribution is 2.30. The molecule has 2 amide bonds.